The number of methoxy groups -OCH3 is 1. The Morgan fingerprint density at radius 3 is 2.82 bits per heavy atom. The maximum absolute atomic E-state index is 12.6. The number of carbonyl (C=O) groups excluding carboxylic acids is 1. The minimum Gasteiger partial charge on any atom is -0.490 e. The number of carbonyl (C=O) groups is 1. The van der Waals surface area contributed by atoms with Gasteiger partial charge in [-0.15, -0.1) is 23.4 Å². The highest BCUT2D eigenvalue weighted by Crippen LogP contribution is 2.47. The summed E-state index contributed by atoms with van der Waals surface area (Å²) in [7, 11) is 1.32. The van der Waals surface area contributed by atoms with Crippen LogP contribution in [0.15, 0.2) is 53.4 Å². The molecule has 0 aliphatic carbocycles. The Hall–Kier alpha value is -1.89. The number of fused-ring (bicyclic) bond motifs is 1. The summed E-state index contributed by atoms with van der Waals surface area (Å²) in [4.78, 5) is 13.4. The van der Waals surface area contributed by atoms with E-state index in [2.05, 4.69) is 0 Å². The highest BCUT2D eigenvalue weighted by atomic mass is 35.5. The van der Waals surface area contributed by atoms with Crippen molar-refractivity contribution in [2.75, 3.05) is 19.6 Å². The predicted molar refractivity (Wildman–Crippen MR) is 109 cm³/mol. The van der Waals surface area contributed by atoms with Crippen molar-refractivity contribution in [3.8, 4) is 11.5 Å². The van der Waals surface area contributed by atoms with Crippen LogP contribution in [-0.2, 0) is 16.1 Å². The Balaban J connectivity index is 1.85. The summed E-state index contributed by atoms with van der Waals surface area (Å²) in [5.41, 5.74) is 1.06. The lowest BCUT2D eigenvalue weighted by atomic mass is 9.96. The fourth-order valence-corrected chi connectivity index (χ4v) is 4.63. The normalized spacial score (nSPS) is 21.2. The Labute approximate surface area is 173 Å². The molecular formula is C21H23ClO5S. The molecule has 0 saturated carbocycles. The van der Waals surface area contributed by atoms with Crippen molar-refractivity contribution in [2.24, 2.45) is 0 Å². The fraction of sp³-hybridized carbons (Fsp3) is 0.381. The second-order valence-electron chi connectivity index (χ2n) is 6.49. The van der Waals surface area contributed by atoms with E-state index in [1.165, 1.54) is 18.9 Å². The van der Waals surface area contributed by atoms with Crippen LogP contribution in [0.3, 0.4) is 0 Å². The number of rotatable bonds is 7. The molecule has 0 amide bonds. The van der Waals surface area contributed by atoms with Crippen molar-refractivity contribution >= 4 is 29.3 Å². The van der Waals surface area contributed by atoms with Crippen molar-refractivity contribution in [3.05, 3.63) is 54.1 Å². The third kappa shape index (κ3) is 4.57. The highest BCUT2D eigenvalue weighted by molar-refractivity contribution is 8.01. The van der Waals surface area contributed by atoms with E-state index >= 15 is 0 Å². The first kappa shape index (κ1) is 20.8. The van der Waals surface area contributed by atoms with Crippen molar-refractivity contribution in [1.82, 2.24) is 0 Å². The van der Waals surface area contributed by atoms with E-state index in [4.69, 9.17) is 25.8 Å². The van der Waals surface area contributed by atoms with E-state index in [0.29, 0.717) is 36.8 Å². The first-order valence-electron chi connectivity index (χ1n) is 9.04. The molecule has 150 valence electrons. The van der Waals surface area contributed by atoms with Crippen LogP contribution in [-0.4, -0.2) is 41.5 Å². The highest BCUT2D eigenvalue weighted by Gasteiger charge is 2.49. The fourth-order valence-electron chi connectivity index (χ4n) is 3.09. The minimum atomic E-state index is -1.17. The number of hydrogen-bond donors (Lipinski definition) is 1. The minimum absolute atomic E-state index is 0.00159. The van der Waals surface area contributed by atoms with E-state index < -0.39 is 16.8 Å². The summed E-state index contributed by atoms with van der Waals surface area (Å²) >= 11 is 7.10. The number of ether oxygens (including phenoxy) is 3. The first-order valence-corrected chi connectivity index (χ1v) is 10.4. The van der Waals surface area contributed by atoms with Gasteiger partial charge in [0.05, 0.1) is 12.0 Å². The zero-order valence-electron chi connectivity index (χ0n) is 15.6. The zero-order valence-corrected chi connectivity index (χ0v) is 17.2. The van der Waals surface area contributed by atoms with Gasteiger partial charge < -0.3 is 19.3 Å². The van der Waals surface area contributed by atoms with Crippen LogP contribution in [0.25, 0.3) is 0 Å². The molecule has 2 atom stereocenters. The predicted octanol–water partition coefficient (Wildman–Crippen LogP) is 4.04. The molecule has 1 heterocycles. The number of esters is 1. The maximum Gasteiger partial charge on any atom is 0.325 e. The lowest BCUT2D eigenvalue weighted by Gasteiger charge is -2.32. The molecule has 0 bridgehead atoms. The zero-order chi connectivity index (χ0) is 20.0. The van der Waals surface area contributed by atoms with Crippen LogP contribution in [0.1, 0.15) is 18.4 Å². The van der Waals surface area contributed by atoms with Gasteiger partial charge >= 0.3 is 5.97 Å². The van der Waals surface area contributed by atoms with Gasteiger partial charge in [0.2, 0.25) is 0 Å². The summed E-state index contributed by atoms with van der Waals surface area (Å²) in [5.74, 6) is 1.17. The molecule has 0 saturated heterocycles. The van der Waals surface area contributed by atoms with E-state index in [1.807, 2.05) is 42.5 Å². The molecule has 0 spiro atoms. The van der Waals surface area contributed by atoms with Crippen LogP contribution >= 0.6 is 23.4 Å². The van der Waals surface area contributed by atoms with E-state index in [1.54, 1.807) is 6.07 Å². The average Bonchev–Trinajstić information content (AvgIpc) is 2.87. The quantitative estimate of drug-likeness (QED) is 0.536. The number of aliphatic hydroxyl groups excluding tert-OH is 1. The van der Waals surface area contributed by atoms with Crippen molar-refractivity contribution < 1.29 is 24.1 Å². The third-order valence-corrected chi connectivity index (χ3v) is 6.42. The summed E-state index contributed by atoms with van der Waals surface area (Å²) in [5, 5.41) is 10.7. The van der Waals surface area contributed by atoms with Crippen LogP contribution < -0.4 is 9.47 Å². The molecule has 1 N–H and O–H groups in total. The van der Waals surface area contributed by atoms with Crippen LogP contribution in [0, 0.1) is 0 Å². The summed E-state index contributed by atoms with van der Waals surface area (Å²) in [6.07, 6.45) is -0.0677. The van der Waals surface area contributed by atoms with E-state index in [0.717, 1.165) is 10.5 Å². The third-order valence-electron chi connectivity index (χ3n) is 4.60. The molecular weight excluding hydrogens is 400 g/mol. The molecule has 0 fully saturated rings. The Morgan fingerprint density at radius 2 is 2.11 bits per heavy atom. The number of benzene rings is 2. The van der Waals surface area contributed by atoms with Gasteiger partial charge in [0.1, 0.15) is 35.6 Å². The molecule has 3 rings (SSSR count). The molecule has 1 aliphatic rings. The van der Waals surface area contributed by atoms with E-state index in [-0.39, 0.29) is 6.61 Å². The number of alkyl halides is 1. The van der Waals surface area contributed by atoms with Crippen LogP contribution in [0.2, 0.25) is 0 Å². The lowest BCUT2D eigenvalue weighted by Crippen LogP contribution is -2.49. The van der Waals surface area contributed by atoms with Crippen molar-refractivity contribution in [3.63, 3.8) is 0 Å². The van der Waals surface area contributed by atoms with Crippen LogP contribution in [0.5, 0.6) is 11.5 Å². The molecule has 1 aliphatic heterocycles. The average molecular weight is 423 g/mol. The largest absolute Gasteiger partial charge is 0.490 e. The number of thioether (sulfide) groups is 1. The van der Waals surface area contributed by atoms with Gasteiger partial charge in [-0.2, -0.15) is 0 Å². The summed E-state index contributed by atoms with van der Waals surface area (Å²) in [6.45, 7) is 0.434. The molecule has 28 heavy (non-hydrogen) atoms. The molecule has 0 radical (unpaired) electrons. The van der Waals surface area contributed by atoms with Gasteiger partial charge in [-0.1, -0.05) is 30.3 Å². The number of aliphatic hydroxyl groups is 1. The number of hydrogen-bond acceptors (Lipinski definition) is 6. The summed E-state index contributed by atoms with van der Waals surface area (Å²) < 4.78 is 15.5. The smallest absolute Gasteiger partial charge is 0.325 e. The second-order valence-corrected chi connectivity index (χ2v) is 8.24. The molecule has 5 nitrogen and oxygen atoms in total. The standard InChI is InChI=1S/C21H23ClO5S/c1-25-20(24)21(10-5-11-22)19(23)14-27-17-9-8-16(12-18(17)28-21)26-13-15-6-3-2-4-7-15/h2-4,6-9,12,19,23H,5,10-11,13-14H2,1H3. The molecule has 0 aromatic heterocycles. The first-order chi connectivity index (χ1) is 13.6. The Bertz CT molecular complexity index is 801. The lowest BCUT2D eigenvalue weighted by molar-refractivity contribution is -0.147. The van der Waals surface area contributed by atoms with Crippen molar-refractivity contribution in [1.29, 1.82) is 0 Å². The summed E-state index contributed by atoms with van der Waals surface area (Å²) in [6, 6.07) is 15.3. The molecule has 7 heteroatoms. The van der Waals surface area contributed by atoms with Gasteiger partial charge in [-0.3, -0.25) is 4.79 Å². The molecule has 2 aromatic rings. The Morgan fingerprint density at radius 1 is 1.32 bits per heavy atom. The second kappa shape index (κ2) is 9.54. The maximum atomic E-state index is 12.6. The van der Waals surface area contributed by atoms with Crippen LogP contribution in [0.4, 0.5) is 0 Å². The van der Waals surface area contributed by atoms with Gasteiger partial charge in [-0.05, 0) is 36.6 Å². The monoisotopic (exact) mass is 422 g/mol. The number of halogens is 1. The molecule has 2 unspecified atom stereocenters. The van der Waals surface area contributed by atoms with Gasteiger partial charge in [0.25, 0.3) is 0 Å². The topological polar surface area (TPSA) is 65.0 Å². The SMILES string of the molecule is COC(=O)C1(CCCCl)Sc2cc(OCc3ccccc3)ccc2OCC1O. The van der Waals surface area contributed by atoms with Gasteiger partial charge in [-0.25, -0.2) is 0 Å². The van der Waals surface area contributed by atoms with Crippen molar-refractivity contribution in [2.45, 2.75) is 35.2 Å². The Kier molecular flexibility index (Phi) is 7.10. The van der Waals surface area contributed by atoms with Gasteiger partial charge in [0.15, 0.2) is 0 Å². The van der Waals surface area contributed by atoms with Gasteiger partial charge in [0, 0.05) is 5.88 Å². The molecule has 2 aromatic carbocycles. The van der Waals surface area contributed by atoms with E-state index in [9.17, 15) is 9.90 Å².